The van der Waals surface area contributed by atoms with E-state index in [1.165, 1.54) is 19.2 Å². The Bertz CT molecular complexity index is 1620. The van der Waals surface area contributed by atoms with E-state index in [1.807, 2.05) is 20.8 Å². The highest BCUT2D eigenvalue weighted by atomic mass is 16.5. The molecule has 0 saturated carbocycles. The van der Waals surface area contributed by atoms with Crippen LogP contribution in [0, 0.1) is 10.8 Å². The third kappa shape index (κ3) is 5.04. The molecule has 4 rings (SSSR count). The number of carbonyl (C=O) groups is 3. The zero-order valence-corrected chi connectivity index (χ0v) is 22.9. The van der Waals surface area contributed by atoms with Crippen LogP contribution in [0.4, 0.5) is 0 Å². The molecule has 7 heteroatoms. The van der Waals surface area contributed by atoms with Gasteiger partial charge in [-0.25, -0.2) is 9.59 Å². The van der Waals surface area contributed by atoms with Crippen LogP contribution in [0.15, 0.2) is 60.7 Å². The third-order valence-corrected chi connectivity index (χ3v) is 6.79. The average molecular weight is 528 g/mol. The molecule has 7 nitrogen and oxygen atoms in total. The van der Waals surface area contributed by atoms with Crippen LogP contribution in [0.3, 0.4) is 0 Å². The number of esters is 1. The van der Waals surface area contributed by atoms with Crippen LogP contribution in [0.25, 0.3) is 32.7 Å². The minimum atomic E-state index is -1.19. The van der Waals surface area contributed by atoms with Crippen molar-refractivity contribution < 1.29 is 34.1 Å². The number of carboxylic acids is 1. The van der Waals surface area contributed by atoms with Crippen LogP contribution in [-0.4, -0.2) is 36.5 Å². The first-order chi connectivity index (χ1) is 18.3. The zero-order chi connectivity index (χ0) is 28.7. The van der Waals surface area contributed by atoms with E-state index < -0.39 is 22.8 Å². The van der Waals surface area contributed by atoms with Crippen molar-refractivity contribution in [2.75, 3.05) is 13.7 Å². The van der Waals surface area contributed by atoms with Gasteiger partial charge in [0.25, 0.3) is 0 Å². The highest BCUT2D eigenvalue weighted by Crippen LogP contribution is 2.46. The first kappa shape index (κ1) is 27.6. The van der Waals surface area contributed by atoms with Gasteiger partial charge >= 0.3 is 11.9 Å². The van der Waals surface area contributed by atoms with Gasteiger partial charge in [0.15, 0.2) is 0 Å². The highest BCUT2D eigenvalue weighted by molar-refractivity contribution is 6.16. The molecule has 202 valence electrons. The van der Waals surface area contributed by atoms with Gasteiger partial charge in [-0.1, -0.05) is 69.3 Å². The van der Waals surface area contributed by atoms with Crippen LogP contribution in [0.5, 0.6) is 11.5 Å². The summed E-state index contributed by atoms with van der Waals surface area (Å²) in [6, 6.07) is 16.5. The third-order valence-electron chi connectivity index (χ3n) is 6.79. The van der Waals surface area contributed by atoms with E-state index in [-0.39, 0.29) is 40.6 Å². The Balaban J connectivity index is 1.89. The molecule has 0 saturated heterocycles. The summed E-state index contributed by atoms with van der Waals surface area (Å²) in [5.41, 5.74) is -0.779. The van der Waals surface area contributed by atoms with Crippen LogP contribution in [0.2, 0.25) is 0 Å². The number of benzene rings is 4. The van der Waals surface area contributed by atoms with Gasteiger partial charge in [0.2, 0.25) is 0 Å². The lowest BCUT2D eigenvalue weighted by atomic mass is 9.75. The molecule has 0 aromatic heterocycles. The van der Waals surface area contributed by atoms with Crippen molar-refractivity contribution in [3.8, 4) is 22.6 Å². The maximum Gasteiger partial charge on any atom is 0.339 e. The van der Waals surface area contributed by atoms with Crippen LogP contribution in [0.1, 0.15) is 55.3 Å². The van der Waals surface area contributed by atoms with Gasteiger partial charge in [-0.2, -0.15) is 0 Å². The first-order valence-corrected chi connectivity index (χ1v) is 12.6. The molecular formula is C32H31O7-. The molecule has 0 aliphatic heterocycles. The highest BCUT2D eigenvalue weighted by Gasteiger charge is 2.37. The molecule has 39 heavy (non-hydrogen) atoms. The predicted octanol–water partition coefficient (Wildman–Crippen LogP) is 6.24. The summed E-state index contributed by atoms with van der Waals surface area (Å²) in [5, 5.41) is 25.5. The number of aromatic carboxylic acids is 1. The Morgan fingerprint density at radius 3 is 2.13 bits per heavy atom. The predicted molar refractivity (Wildman–Crippen MR) is 148 cm³/mol. The number of rotatable bonds is 7. The molecule has 0 amide bonds. The maximum atomic E-state index is 13.4. The minimum absolute atomic E-state index is 0.0312. The number of ketones is 1. The van der Waals surface area contributed by atoms with Gasteiger partial charge in [0.05, 0.1) is 18.1 Å². The Labute approximate surface area is 227 Å². The van der Waals surface area contributed by atoms with E-state index in [9.17, 15) is 24.6 Å². The van der Waals surface area contributed by atoms with Crippen LogP contribution in [-0.2, 0) is 9.53 Å². The van der Waals surface area contributed by atoms with Crippen molar-refractivity contribution >= 4 is 39.3 Å². The second-order valence-electron chi connectivity index (χ2n) is 11.2. The summed E-state index contributed by atoms with van der Waals surface area (Å²) in [7, 11) is 1.36. The monoisotopic (exact) mass is 527 g/mol. The second kappa shape index (κ2) is 10.1. The lowest BCUT2D eigenvalue weighted by Gasteiger charge is -2.30. The number of hydrogen-bond acceptors (Lipinski definition) is 6. The lowest BCUT2D eigenvalue weighted by Crippen LogP contribution is -2.38. The van der Waals surface area contributed by atoms with E-state index in [1.54, 1.807) is 62.4 Å². The summed E-state index contributed by atoms with van der Waals surface area (Å²) in [4.78, 5) is 38.2. The van der Waals surface area contributed by atoms with Crippen LogP contribution < -0.4 is 9.84 Å². The normalized spacial score (nSPS) is 11.9. The summed E-state index contributed by atoms with van der Waals surface area (Å²) in [6.07, 6.45) is 0. The molecule has 4 aromatic carbocycles. The number of hydrogen-bond donors (Lipinski definition) is 1. The van der Waals surface area contributed by atoms with Gasteiger partial charge in [-0.3, -0.25) is 4.79 Å². The Hall–Kier alpha value is -4.39. The van der Waals surface area contributed by atoms with Gasteiger partial charge in [-0.05, 0) is 53.1 Å². The van der Waals surface area contributed by atoms with E-state index in [0.717, 1.165) is 0 Å². The summed E-state index contributed by atoms with van der Waals surface area (Å²) < 4.78 is 11.2. The van der Waals surface area contributed by atoms with E-state index in [0.29, 0.717) is 27.1 Å². The molecule has 1 N–H and O–H groups in total. The maximum absolute atomic E-state index is 13.4. The van der Waals surface area contributed by atoms with Crippen LogP contribution >= 0.6 is 0 Å². The number of carbonyl (C=O) groups excluding carboxylic acids is 2. The van der Waals surface area contributed by atoms with Crippen molar-refractivity contribution in [2.24, 2.45) is 10.8 Å². The quantitative estimate of drug-likeness (QED) is 0.283. The van der Waals surface area contributed by atoms with Gasteiger partial charge in [0, 0.05) is 11.0 Å². The van der Waals surface area contributed by atoms with Crippen molar-refractivity contribution in [1.82, 2.24) is 0 Å². The van der Waals surface area contributed by atoms with Crippen molar-refractivity contribution in [2.45, 2.75) is 34.6 Å². The SMILES string of the molecule is COc1c(C(=O)O)cc2ccccc2c1-c1c([O-])ccc2c(C(=O)OCC(C)(C)C(=O)C(C)(C)C)cccc12. The molecule has 0 spiro atoms. The number of methoxy groups -OCH3 is 1. The fourth-order valence-electron chi connectivity index (χ4n) is 5.13. The van der Waals surface area contributed by atoms with Crippen molar-refractivity contribution in [3.05, 3.63) is 71.8 Å². The van der Waals surface area contributed by atoms with Gasteiger partial charge in [-0.15, -0.1) is 5.75 Å². The molecule has 0 atom stereocenters. The molecule has 0 fully saturated rings. The Kier molecular flexibility index (Phi) is 7.13. The van der Waals surface area contributed by atoms with Crippen molar-refractivity contribution in [1.29, 1.82) is 0 Å². The Morgan fingerprint density at radius 1 is 0.821 bits per heavy atom. The molecule has 0 heterocycles. The molecule has 0 aliphatic rings. The van der Waals surface area contributed by atoms with Crippen molar-refractivity contribution in [3.63, 3.8) is 0 Å². The lowest BCUT2D eigenvalue weighted by molar-refractivity contribution is -0.267. The second-order valence-corrected chi connectivity index (χ2v) is 11.2. The smallest absolute Gasteiger partial charge is 0.339 e. The summed E-state index contributed by atoms with van der Waals surface area (Å²) >= 11 is 0. The fourth-order valence-corrected chi connectivity index (χ4v) is 5.13. The molecule has 0 aliphatic carbocycles. The number of carboxylic acid groups (broad SMARTS) is 1. The Morgan fingerprint density at radius 2 is 1.49 bits per heavy atom. The van der Waals surface area contributed by atoms with E-state index in [2.05, 4.69) is 0 Å². The first-order valence-electron chi connectivity index (χ1n) is 12.6. The fraction of sp³-hybridized carbons (Fsp3) is 0.281. The number of Topliss-reactive ketones (excluding diaryl/α,β-unsaturated/α-hetero) is 1. The molecule has 4 aromatic rings. The molecular weight excluding hydrogens is 496 g/mol. The number of ether oxygens (including phenoxy) is 2. The topological polar surface area (TPSA) is 113 Å². The average Bonchev–Trinajstić information content (AvgIpc) is 2.89. The summed E-state index contributed by atoms with van der Waals surface area (Å²) in [5.74, 6) is -2.15. The molecule has 0 bridgehead atoms. The zero-order valence-electron chi connectivity index (χ0n) is 22.9. The summed E-state index contributed by atoms with van der Waals surface area (Å²) in [6.45, 7) is 8.84. The molecule has 0 unspecified atom stereocenters. The van der Waals surface area contributed by atoms with E-state index in [4.69, 9.17) is 9.47 Å². The number of fused-ring (bicyclic) bond motifs is 2. The van der Waals surface area contributed by atoms with Gasteiger partial charge in [0.1, 0.15) is 23.7 Å². The molecule has 0 radical (unpaired) electrons. The minimum Gasteiger partial charge on any atom is -0.872 e. The van der Waals surface area contributed by atoms with E-state index >= 15 is 0 Å². The standard InChI is InChI=1S/C32H32O7/c1-31(2,3)30(37)32(4,5)17-39-29(36)22-13-9-12-21-20(22)14-15-24(33)25(21)26-19-11-8-7-10-18(19)16-23(28(34)35)27(26)38-6/h7-16,33H,17H2,1-6H3,(H,34,35)/p-1. The van der Waals surface area contributed by atoms with Gasteiger partial charge < -0.3 is 19.7 Å². The largest absolute Gasteiger partial charge is 0.872 e.